The Balaban J connectivity index is 1.99. The maximum Gasteiger partial charge on any atom is 0.288 e. The summed E-state index contributed by atoms with van der Waals surface area (Å²) < 4.78 is 6.75. The molecule has 0 radical (unpaired) electrons. The van der Waals surface area contributed by atoms with E-state index in [1.165, 1.54) is 11.7 Å². The second-order valence-corrected chi connectivity index (χ2v) is 5.87. The van der Waals surface area contributed by atoms with Crippen molar-refractivity contribution < 1.29 is 9.53 Å². The Hall–Kier alpha value is -3.22. The van der Waals surface area contributed by atoms with Crippen LogP contribution in [0.1, 0.15) is 23.3 Å². The lowest BCUT2D eigenvalue weighted by Gasteiger charge is -2.14. The number of hydrogen-bond acceptors (Lipinski definition) is 5. The number of pyridine rings is 1. The second kappa shape index (κ2) is 6.01. The predicted molar refractivity (Wildman–Crippen MR) is 92.2 cm³/mol. The molecule has 0 atom stereocenters. The van der Waals surface area contributed by atoms with Gasteiger partial charge >= 0.3 is 0 Å². The summed E-state index contributed by atoms with van der Waals surface area (Å²) in [7, 11) is 1.53. The summed E-state index contributed by atoms with van der Waals surface area (Å²) in [6.45, 7) is 0. The van der Waals surface area contributed by atoms with Crippen LogP contribution < -0.4 is 15.6 Å². The molecule has 1 fully saturated rings. The van der Waals surface area contributed by atoms with Crippen LogP contribution in [0, 0.1) is 0 Å². The van der Waals surface area contributed by atoms with Gasteiger partial charge in [0.2, 0.25) is 0 Å². The van der Waals surface area contributed by atoms with Crippen molar-refractivity contribution in [2.24, 2.45) is 0 Å². The van der Waals surface area contributed by atoms with Crippen molar-refractivity contribution in [3.8, 4) is 11.4 Å². The van der Waals surface area contributed by atoms with E-state index in [1.54, 1.807) is 36.5 Å². The Morgan fingerprint density at radius 2 is 2.04 bits per heavy atom. The molecule has 4 rings (SSSR count). The number of benzene rings is 1. The number of methoxy groups -OCH3 is 1. The molecule has 0 unspecified atom stereocenters. The van der Waals surface area contributed by atoms with Gasteiger partial charge in [-0.15, -0.1) is 0 Å². The fourth-order valence-corrected chi connectivity index (χ4v) is 2.69. The lowest BCUT2D eigenvalue weighted by Crippen LogP contribution is -2.35. The van der Waals surface area contributed by atoms with Crippen LogP contribution in [0.3, 0.4) is 0 Å². The Kier molecular flexibility index (Phi) is 3.68. The molecule has 1 aliphatic rings. The van der Waals surface area contributed by atoms with Crippen molar-refractivity contribution in [3.63, 3.8) is 0 Å². The number of nitrogens with one attached hydrogen (secondary N) is 1. The van der Waals surface area contributed by atoms with Crippen LogP contribution in [-0.4, -0.2) is 33.6 Å². The van der Waals surface area contributed by atoms with Crippen LogP contribution in [0.4, 0.5) is 0 Å². The first kappa shape index (κ1) is 15.3. The number of fused-ring (bicyclic) bond motifs is 1. The average molecular weight is 336 g/mol. The number of nitrogens with zero attached hydrogens (tertiary/aromatic N) is 3. The van der Waals surface area contributed by atoms with Gasteiger partial charge in [-0.1, -0.05) is 12.1 Å². The van der Waals surface area contributed by atoms with Gasteiger partial charge in [0.1, 0.15) is 11.3 Å². The number of rotatable bonds is 4. The van der Waals surface area contributed by atoms with Gasteiger partial charge < -0.3 is 10.1 Å². The van der Waals surface area contributed by atoms with E-state index in [9.17, 15) is 9.59 Å². The summed E-state index contributed by atoms with van der Waals surface area (Å²) in [5, 5.41) is 2.82. The van der Waals surface area contributed by atoms with Gasteiger partial charge in [0.15, 0.2) is 11.3 Å². The maximum absolute atomic E-state index is 13.0. The highest BCUT2D eigenvalue weighted by atomic mass is 16.5. The number of amides is 1. The number of ether oxygens (including phenoxy) is 1. The van der Waals surface area contributed by atoms with Gasteiger partial charge in [-0.2, -0.15) is 0 Å². The molecule has 0 spiro atoms. The van der Waals surface area contributed by atoms with Crippen molar-refractivity contribution in [1.29, 1.82) is 0 Å². The molecule has 1 aliphatic carbocycles. The van der Waals surface area contributed by atoms with Crippen LogP contribution in [0.25, 0.3) is 16.9 Å². The monoisotopic (exact) mass is 336 g/mol. The molecule has 7 nitrogen and oxygen atoms in total. The molecule has 0 saturated heterocycles. The SMILES string of the molecule is COc1ccccc1-n1c(=O)c(C(=O)NC2CC2)nc2cccnc21. The predicted octanol–water partition coefficient (Wildman–Crippen LogP) is 1.68. The average Bonchev–Trinajstić information content (AvgIpc) is 3.45. The van der Waals surface area contributed by atoms with E-state index in [0.29, 0.717) is 22.6 Å². The van der Waals surface area contributed by atoms with E-state index in [0.717, 1.165) is 12.8 Å². The Morgan fingerprint density at radius 1 is 1.24 bits per heavy atom. The first-order chi connectivity index (χ1) is 12.2. The lowest BCUT2D eigenvalue weighted by molar-refractivity contribution is 0.0944. The Labute approximate surface area is 143 Å². The van der Waals surface area contributed by atoms with Gasteiger partial charge in [0.25, 0.3) is 11.5 Å². The van der Waals surface area contributed by atoms with Crippen molar-refractivity contribution >= 4 is 17.1 Å². The standard InChI is InChI=1S/C18H16N4O3/c1-25-14-7-3-2-6-13(14)22-16-12(5-4-10-19-16)21-15(18(22)24)17(23)20-11-8-9-11/h2-7,10-11H,8-9H2,1H3,(H,20,23). The minimum absolute atomic E-state index is 0.137. The summed E-state index contributed by atoms with van der Waals surface area (Å²) >= 11 is 0. The van der Waals surface area contributed by atoms with E-state index >= 15 is 0 Å². The van der Waals surface area contributed by atoms with Crippen molar-refractivity contribution in [2.45, 2.75) is 18.9 Å². The topological polar surface area (TPSA) is 86.1 Å². The number of carbonyl (C=O) groups excluding carboxylic acids is 1. The number of aromatic nitrogens is 3. The highest BCUT2D eigenvalue weighted by Crippen LogP contribution is 2.24. The zero-order chi connectivity index (χ0) is 17.4. The summed E-state index contributed by atoms with van der Waals surface area (Å²) in [5.74, 6) is 0.0539. The molecule has 1 saturated carbocycles. The van der Waals surface area contributed by atoms with Crippen LogP contribution in [0.5, 0.6) is 5.75 Å². The van der Waals surface area contributed by atoms with E-state index in [-0.39, 0.29) is 11.7 Å². The van der Waals surface area contributed by atoms with Gasteiger partial charge in [-0.3, -0.25) is 14.2 Å². The molecule has 7 heteroatoms. The quantitative estimate of drug-likeness (QED) is 0.783. The molecular formula is C18H16N4O3. The third-order valence-corrected chi connectivity index (χ3v) is 4.07. The first-order valence-electron chi connectivity index (χ1n) is 8.01. The molecule has 1 N–H and O–H groups in total. The third kappa shape index (κ3) is 2.73. The molecule has 0 aliphatic heterocycles. The van der Waals surface area contributed by atoms with Crippen LogP contribution in [0.15, 0.2) is 47.4 Å². The Bertz CT molecular complexity index is 1020. The molecule has 1 amide bonds. The summed E-state index contributed by atoms with van der Waals surface area (Å²) in [4.78, 5) is 34.0. The highest BCUT2D eigenvalue weighted by molar-refractivity contribution is 5.94. The summed E-state index contributed by atoms with van der Waals surface area (Å²) in [5.41, 5.74) is 0.697. The maximum atomic E-state index is 13.0. The van der Waals surface area contributed by atoms with Gasteiger partial charge in [0, 0.05) is 12.2 Å². The van der Waals surface area contributed by atoms with E-state index < -0.39 is 11.5 Å². The zero-order valence-electron chi connectivity index (χ0n) is 13.6. The molecule has 2 aromatic heterocycles. The molecular weight excluding hydrogens is 320 g/mol. The van der Waals surface area contributed by atoms with Crippen LogP contribution in [0.2, 0.25) is 0 Å². The normalized spacial score (nSPS) is 13.6. The Morgan fingerprint density at radius 3 is 2.80 bits per heavy atom. The second-order valence-electron chi connectivity index (χ2n) is 5.87. The minimum atomic E-state index is -0.520. The fourth-order valence-electron chi connectivity index (χ4n) is 2.69. The van der Waals surface area contributed by atoms with Crippen LogP contribution >= 0.6 is 0 Å². The molecule has 126 valence electrons. The van der Waals surface area contributed by atoms with Gasteiger partial charge in [0.05, 0.1) is 12.8 Å². The van der Waals surface area contributed by atoms with Gasteiger partial charge in [-0.25, -0.2) is 9.97 Å². The first-order valence-corrected chi connectivity index (χ1v) is 8.01. The smallest absolute Gasteiger partial charge is 0.288 e. The molecule has 0 bridgehead atoms. The third-order valence-electron chi connectivity index (χ3n) is 4.07. The van der Waals surface area contributed by atoms with E-state index in [2.05, 4.69) is 15.3 Å². The van der Waals surface area contributed by atoms with Gasteiger partial charge in [-0.05, 0) is 37.1 Å². The number of hydrogen-bond donors (Lipinski definition) is 1. The molecule has 1 aromatic carbocycles. The number of carbonyl (C=O) groups is 1. The zero-order valence-corrected chi connectivity index (χ0v) is 13.6. The van der Waals surface area contributed by atoms with Crippen molar-refractivity contribution in [2.75, 3.05) is 7.11 Å². The fraction of sp³-hybridized carbons (Fsp3) is 0.222. The van der Waals surface area contributed by atoms with E-state index in [4.69, 9.17) is 4.74 Å². The largest absolute Gasteiger partial charge is 0.495 e. The number of para-hydroxylation sites is 2. The minimum Gasteiger partial charge on any atom is -0.495 e. The summed E-state index contributed by atoms with van der Waals surface area (Å²) in [6.07, 6.45) is 3.45. The van der Waals surface area contributed by atoms with Crippen molar-refractivity contribution in [3.05, 3.63) is 58.6 Å². The molecule has 3 aromatic rings. The van der Waals surface area contributed by atoms with E-state index in [1.807, 2.05) is 6.07 Å². The highest BCUT2D eigenvalue weighted by Gasteiger charge is 2.27. The summed E-state index contributed by atoms with van der Waals surface area (Å²) in [6, 6.07) is 10.7. The van der Waals surface area contributed by atoms with Crippen molar-refractivity contribution in [1.82, 2.24) is 19.9 Å². The molecule has 25 heavy (non-hydrogen) atoms. The molecule has 2 heterocycles. The van der Waals surface area contributed by atoms with Crippen LogP contribution in [-0.2, 0) is 0 Å². The lowest BCUT2D eigenvalue weighted by atomic mass is 10.2.